The van der Waals surface area contributed by atoms with Gasteiger partial charge in [-0.2, -0.15) is 0 Å². The number of rotatable bonds is 5. The van der Waals surface area contributed by atoms with Gasteiger partial charge in [0.15, 0.2) is 0 Å². The van der Waals surface area contributed by atoms with Crippen LogP contribution in [0.4, 0.5) is 0 Å². The van der Waals surface area contributed by atoms with Crippen LogP contribution in [0.5, 0.6) is 0 Å². The van der Waals surface area contributed by atoms with Crippen LogP contribution in [0.2, 0.25) is 0 Å². The molecule has 14 heavy (non-hydrogen) atoms. The van der Waals surface area contributed by atoms with Gasteiger partial charge in [-0.05, 0) is 12.3 Å². The Kier molecular flexibility index (Phi) is 17.1. The van der Waals surface area contributed by atoms with Gasteiger partial charge in [0.2, 0.25) is 0 Å². The summed E-state index contributed by atoms with van der Waals surface area (Å²) in [6.45, 7) is 9.05. The molecule has 0 heterocycles. The molecule has 0 amide bonds. The number of hydrogen-bond acceptors (Lipinski definition) is 1. The van der Waals surface area contributed by atoms with Crippen molar-refractivity contribution < 1.29 is 1.43 Å². The molecular weight excluding hydrogens is 170 g/mol. The molecule has 0 aliphatic heterocycles. The molecule has 0 bridgehead atoms. The van der Waals surface area contributed by atoms with Crippen molar-refractivity contribution >= 4 is 0 Å². The van der Waals surface area contributed by atoms with Crippen LogP contribution in [0.25, 0.3) is 0 Å². The number of hydrogen-bond donors (Lipinski definition) is 1. The van der Waals surface area contributed by atoms with Crippen LogP contribution in [0.3, 0.4) is 0 Å². The van der Waals surface area contributed by atoms with E-state index in [0.717, 1.165) is 12.3 Å². The number of unbranched alkanes of at least 4 members (excludes halogenated alkanes) is 3. The maximum Gasteiger partial charge on any atom is 0.0551 e. The monoisotopic (exact) mass is 199 g/mol. The predicted molar refractivity (Wildman–Crippen MR) is 68.2 cm³/mol. The van der Waals surface area contributed by atoms with Gasteiger partial charge in [0, 0.05) is 7.85 Å². The number of nitrogens with two attached hydrogens (primary N) is 1. The largest absolute Gasteiger partial charge is 0.320 e. The summed E-state index contributed by atoms with van der Waals surface area (Å²) in [5.41, 5.74) is 5.24. The Bertz CT molecular complexity index is 144. The van der Waals surface area contributed by atoms with Crippen LogP contribution in [-0.4, -0.2) is 6.54 Å². The predicted octanol–water partition coefficient (Wildman–Crippen LogP) is 3.83. The Hall–Kier alpha value is -0.480. The van der Waals surface area contributed by atoms with Gasteiger partial charge in [-0.25, -0.2) is 0 Å². The van der Waals surface area contributed by atoms with E-state index in [1.165, 1.54) is 25.7 Å². The van der Waals surface area contributed by atoms with Gasteiger partial charge in [0.25, 0.3) is 0 Å². The van der Waals surface area contributed by atoms with E-state index < -0.39 is 0 Å². The van der Waals surface area contributed by atoms with Crippen LogP contribution in [0, 0.1) is 17.8 Å². The molecular formula is C13H29N. The van der Waals surface area contributed by atoms with Crippen molar-refractivity contribution in [3.8, 4) is 11.8 Å². The van der Waals surface area contributed by atoms with Gasteiger partial charge in [-0.1, -0.05) is 52.9 Å². The molecule has 1 nitrogen and oxygen atoms in total. The quantitative estimate of drug-likeness (QED) is 0.528. The topological polar surface area (TPSA) is 26.0 Å². The minimum atomic E-state index is 0. The maximum atomic E-state index is 5.24. The molecule has 86 valence electrons. The highest BCUT2D eigenvalue weighted by atomic mass is 14.5. The van der Waals surface area contributed by atoms with E-state index in [0.29, 0.717) is 6.54 Å². The summed E-state index contributed by atoms with van der Waals surface area (Å²) in [6, 6.07) is 0. The zero-order chi connectivity index (χ0) is 11.2. The molecule has 1 heteroatoms. The van der Waals surface area contributed by atoms with Crippen molar-refractivity contribution in [3.63, 3.8) is 0 Å². The Morgan fingerprint density at radius 1 is 1.07 bits per heavy atom. The van der Waals surface area contributed by atoms with E-state index >= 15 is 0 Å². The van der Waals surface area contributed by atoms with Crippen LogP contribution < -0.4 is 5.73 Å². The van der Waals surface area contributed by atoms with Crippen LogP contribution >= 0.6 is 0 Å². The Labute approximate surface area is 91.9 Å². The van der Waals surface area contributed by atoms with E-state index in [1.807, 2.05) is 13.8 Å². The molecule has 0 aromatic carbocycles. The van der Waals surface area contributed by atoms with Crippen LogP contribution in [0.1, 0.15) is 61.2 Å². The van der Waals surface area contributed by atoms with Crippen molar-refractivity contribution in [1.29, 1.82) is 0 Å². The highest BCUT2D eigenvalue weighted by Crippen LogP contribution is 2.08. The molecule has 0 aliphatic carbocycles. The summed E-state index contributed by atoms with van der Waals surface area (Å²) in [5, 5.41) is 0. The highest BCUT2D eigenvalue weighted by Gasteiger charge is 1.92. The molecule has 0 rings (SSSR count). The Balaban J connectivity index is -0.000000449. The molecule has 0 aromatic rings. The first-order valence-corrected chi connectivity index (χ1v) is 5.93. The average Bonchev–Trinajstić information content (AvgIpc) is 2.19. The maximum absolute atomic E-state index is 5.24. The van der Waals surface area contributed by atoms with Crippen molar-refractivity contribution in [2.75, 3.05) is 6.54 Å². The average molecular weight is 199 g/mol. The Morgan fingerprint density at radius 2 is 1.71 bits per heavy atom. The van der Waals surface area contributed by atoms with Crippen molar-refractivity contribution in [2.45, 2.75) is 59.8 Å². The molecule has 0 radical (unpaired) electrons. The zero-order valence-electron chi connectivity index (χ0n) is 10.4. The lowest BCUT2D eigenvalue weighted by atomic mass is 10.0. The van der Waals surface area contributed by atoms with Crippen molar-refractivity contribution in [3.05, 3.63) is 0 Å². The summed E-state index contributed by atoms with van der Waals surface area (Å²) in [6.07, 6.45) is 6.28. The fourth-order valence-corrected chi connectivity index (χ4v) is 1.10. The SMILES string of the molecule is CC.CC(C)CCCCCC#CCN.[HH]. The molecule has 0 atom stereocenters. The summed E-state index contributed by atoms with van der Waals surface area (Å²) in [5.74, 6) is 6.77. The summed E-state index contributed by atoms with van der Waals surface area (Å²) < 4.78 is 0. The van der Waals surface area contributed by atoms with Gasteiger partial charge in [0.1, 0.15) is 0 Å². The minimum Gasteiger partial charge on any atom is -0.320 e. The summed E-state index contributed by atoms with van der Waals surface area (Å²) in [4.78, 5) is 0. The third kappa shape index (κ3) is 17.6. The molecule has 0 aliphatic rings. The Morgan fingerprint density at radius 3 is 2.21 bits per heavy atom. The normalized spacial score (nSPS) is 8.71. The van der Waals surface area contributed by atoms with E-state index in [-0.39, 0.29) is 1.43 Å². The van der Waals surface area contributed by atoms with E-state index in [1.54, 1.807) is 0 Å². The fourth-order valence-electron chi connectivity index (χ4n) is 1.10. The lowest BCUT2D eigenvalue weighted by molar-refractivity contribution is 0.530. The van der Waals surface area contributed by atoms with Gasteiger partial charge in [-0.15, -0.1) is 5.92 Å². The molecule has 0 fully saturated rings. The molecule has 0 saturated heterocycles. The first-order valence-electron chi connectivity index (χ1n) is 5.93. The van der Waals surface area contributed by atoms with Crippen molar-refractivity contribution in [2.24, 2.45) is 11.7 Å². The first-order chi connectivity index (χ1) is 6.77. The van der Waals surface area contributed by atoms with E-state index in [4.69, 9.17) is 5.73 Å². The van der Waals surface area contributed by atoms with E-state index in [2.05, 4.69) is 25.7 Å². The van der Waals surface area contributed by atoms with Gasteiger partial charge in [0.05, 0.1) is 6.54 Å². The summed E-state index contributed by atoms with van der Waals surface area (Å²) >= 11 is 0. The third-order valence-electron chi connectivity index (χ3n) is 1.81. The molecule has 0 unspecified atom stereocenters. The van der Waals surface area contributed by atoms with Gasteiger partial charge < -0.3 is 5.73 Å². The second-order valence-electron chi connectivity index (χ2n) is 3.55. The summed E-state index contributed by atoms with van der Waals surface area (Å²) in [7, 11) is 0. The fraction of sp³-hybridized carbons (Fsp3) is 0.846. The van der Waals surface area contributed by atoms with Crippen LogP contribution in [0.15, 0.2) is 0 Å². The van der Waals surface area contributed by atoms with E-state index in [9.17, 15) is 0 Å². The smallest absolute Gasteiger partial charge is 0.0551 e. The lowest BCUT2D eigenvalue weighted by Gasteiger charge is -2.01. The zero-order valence-corrected chi connectivity index (χ0v) is 10.4. The molecule has 0 spiro atoms. The standard InChI is InChI=1S/C11H21N.C2H6.H2/c1-11(2)9-7-5-3-4-6-8-10-12;1-2;/h11H,3-5,7,9-10,12H2,1-2H3;1-2H3;1H. The van der Waals surface area contributed by atoms with Gasteiger partial charge in [-0.3, -0.25) is 0 Å². The highest BCUT2D eigenvalue weighted by molar-refractivity contribution is 4.99. The first kappa shape index (κ1) is 16.0. The van der Waals surface area contributed by atoms with Crippen LogP contribution in [-0.2, 0) is 0 Å². The second kappa shape index (κ2) is 15.0. The van der Waals surface area contributed by atoms with Gasteiger partial charge >= 0.3 is 0 Å². The molecule has 2 N–H and O–H groups in total. The van der Waals surface area contributed by atoms with Crippen molar-refractivity contribution in [1.82, 2.24) is 0 Å². The minimum absolute atomic E-state index is 0. The molecule has 0 saturated carbocycles. The lowest BCUT2D eigenvalue weighted by Crippen LogP contribution is -1.92. The second-order valence-corrected chi connectivity index (χ2v) is 3.55. The third-order valence-corrected chi connectivity index (χ3v) is 1.81. The molecule has 0 aromatic heterocycles.